The zero-order valence-corrected chi connectivity index (χ0v) is 15.5. The van der Waals surface area contributed by atoms with E-state index in [9.17, 15) is 9.18 Å². The van der Waals surface area contributed by atoms with Crippen LogP contribution >= 0.6 is 0 Å². The number of nitrogens with one attached hydrogen (secondary N) is 1. The molecule has 1 fully saturated rings. The molecule has 0 saturated heterocycles. The third kappa shape index (κ3) is 3.25. The number of aromatic nitrogens is 3. The molecule has 1 amide bonds. The molecule has 1 aromatic carbocycles. The van der Waals surface area contributed by atoms with Crippen LogP contribution in [0.15, 0.2) is 30.5 Å². The number of carbonyl (C=O) groups is 1. The summed E-state index contributed by atoms with van der Waals surface area (Å²) in [5.74, 6) is 0.104. The number of ether oxygens (including phenoxy) is 1. The lowest BCUT2D eigenvalue weighted by atomic mass is 10.1. The largest absolute Gasteiger partial charge is 0.494 e. The molecule has 1 N–H and O–H groups in total. The topological polar surface area (TPSA) is 68.5 Å². The highest BCUT2D eigenvalue weighted by molar-refractivity contribution is 6.00. The molecule has 0 radical (unpaired) electrons. The Kier molecular flexibility index (Phi) is 4.30. The normalized spacial score (nSPS) is 15.0. The Morgan fingerprint density at radius 1 is 1.37 bits per heavy atom. The molecule has 4 rings (SSSR count). The number of hydrogen-bond donors (Lipinski definition) is 1. The molecular formula is C20H21FN4O2. The Labute approximate surface area is 156 Å². The van der Waals surface area contributed by atoms with Crippen molar-refractivity contribution in [3.05, 3.63) is 47.5 Å². The van der Waals surface area contributed by atoms with Gasteiger partial charge in [-0.3, -0.25) is 4.79 Å². The number of carbonyl (C=O) groups excluding carboxylic acids is 1. The average Bonchev–Trinajstić information content (AvgIpc) is 3.41. The molecule has 1 unspecified atom stereocenters. The molecule has 0 bridgehead atoms. The fourth-order valence-corrected chi connectivity index (χ4v) is 3.24. The molecule has 2 aromatic heterocycles. The van der Waals surface area contributed by atoms with Crippen LogP contribution in [0.1, 0.15) is 35.8 Å². The maximum Gasteiger partial charge on any atom is 0.256 e. The zero-order valence-electron chi connectivity index (χ0n) is 15.5. The molecule has 1 aliphatic rings. The predicted molar refractivity (Wildman–Crippen MR) is 99.3 cm³/mol. The maximum absolute atomic E-state index is 13.7. The molecule has 6 nitrogen and oxygen atoms in total. The van der Waals surface area contributed by atoms with Crippen molar-refractivity contribution in [2.24, 2.45) is 5.92 Å². The van der Waals surface area contributed by atoms with Crippen molar-refractivity contribution in [1.82, 2.24) is 19.9 Å². The molecule has 3 aromatic rings. The number of nitrogens with zero attached hydrogens (tertiary/aromatic N) is 3. The Morgan fingerprint density at radius 2 is 2.15 bits per heavy atom. The Balaban J connectivity index is 1.74. The zero-order chi connectivity index (χ0) is 19.1. The van der Waals surface area contributed by atoms with Crippen molar-refractivity contribution in [2.45, 2.75) is 32.7 Å². The van der Waals surface area contributed by atoms with Crippen molar-refractivity contribution in [3.8, 4) is 17.0 Å². The van der Waals surface area contributed by atoms with Gasteiger partial charge in [-0.2, -0.15) is 5.10 Å². The minimum absolute atomic E-state index is 0.137. The summed E-state index contributed by atoms with van der Waals surface area (Å²) in [7, 11) is 1.42. The summed E-state index contributed by atoms with van der Waals surface area (Å²) in [5.41, 5.74) is 3.07. The second-order valence-corrected chi connectivity index (χ2v) is 7.03. The van der Waals surface area contributed by atoms with Gasteiger partial charge in [-0.15, -0.1) is 0 Å². The number of amides is 1. The van der Waals surface area contributed by atoms with Crippen LogP contribution in [0.5, 0.6) is 5.75 Å². The first kappa shape index (κ1) is 17.5. The Hall–Kier alpha value is -2.96. The van der Waals surface area contributed by atoms with Gasteiger partial charge in [0, 0.05) is 17.3 Å². The minimum atomic E-state index is -0.433. The lowest BCUT2D eigenvalue weighted by Crippen LogP contribution is -2.34. The van der Waals surface area contributed by atoms with E-state index in [0.29, 0.717) is 28.4 Å². The van der Waals surface area contributed by atoms with Crippen molar-refractivity contribution >= 4 is 11.6 Å². The third-order valence-corrected chi connectivity index (χ3v) is 5.03. The van der Waals surface area contributed by atoms with E-state index >= 15 is 0 Å². The van der Waals surface area contributed by atoms with Gasteiger partial charge in [0.1, 0.15) is 5.56 Å². The summed E-state index contributed by atoms with van der Waals surface area (Å²) in [6.45, 7) is 3.91. The van der Waals surface area contributed by atoms with Crippen molar-refractivity contribution in [1.29, 1.82) is 0 Å². The first-order valence-corrected chi connectivity index (χ1v) is 8.98. The Bertz CT molecular complexity index is 1030. The summed E-state index contributed by atoms with van der Waals surface area (Å²) in [5, 5.41) is 7.34. The van der Waals surface area contributed by atoms with Crippen LogP contribution in [0, 0.1) is 18.7 Å². The highest BCUT2D eigenvalue weighted by Gasteiger charge is 2.30. The SMILES string of the molecule is COc1cc(-c2cc(C)n3ncc(C(=O)NC(C)C4CC4)c3n2)ccc1F. The van der Waals surface area contributed by atoms with Gasteiger partial charge >= 0.3 is 0 Å². The summed E-state index contributed by atoms with van der Waals surface area (Å²) in [6, 6.07) is 6.57. The van der Waals surface area contributed by atoms with Crippen LogP contribution in [0.2, 0.25) is 0 Å². The lowest BCUT2D eigenvalue weighted by molar-refractivity contribution is 0.0937. The number of hydrogen-bond acceptors (Lipinski definition) is 4. The van der Waals surface area contributed by atoms with Gasteiger partial charge in [0.05, 0.1) is 19.0 Å². The van der Waals surface area contributed by atoms with E-state index in [1.165, 1.54) is 13.2 Å². The second kappa shape index (κ2) is 6.64. The van der Waals surface area contributed by atoms with Crippen LogP contribution < -0.4 is 10.1 Å². The predicted octanol–water partition coefficient (Wildman–Crippen LogP) is 3.38. The molecule has 0 spiro atoms. The summed E-state index contributed by atoms with van der Waals surface area (Å²) < 4.78 is 20.4. The van der Waals surface area contributed by atoms with E-state index in [0.717, 1.165) is 18.5 Å². The van der Waals surface area contributed by atoms with Crippen LogP contribution in [-0.2, 0) is 0 Å². The van der Waals surface area contributed by atoms with Gasteiger partial charge in [0.2, 0.25) is 0 Å². The monoisotopic (exact) mass is 368 g/mol. The quantitative estimate of drug-likeness (QED) is 0.750. The van der Waals surface area contributed by atoms with E-state index in [4.69, 9.17) is 4.74 Å². The van der Waals surface area contributed by atoms with Gasteiger partial charge in [-0.25, -0.2) is 13.9 Å². The molecule has 27 heavy (non-hydrogen) atoms. The standard InChI is InChI=1S/C20H21FN4O2/c1-11-8-17(14-6-7-16(21)18(9-14)27-3)24-19-15(10-22-25(11)19)20(26)23-12(2)13-4-5-13/h6-10,12-13H,4-5H2,1-3H3,(H,23,26). The van der Waals surface area contributed by atoms with Crippen molar-refractivity contribution in [3.63, 3.8) is 0 Å². The lowest BCUT2D eigenvalue weighted by Gasteiger charge is -2.12. The minimum Gasteiger partial charge on any atom is -0.494 e. The average molecular weight is 368 g/mol. The van der Waals surface area contributed by atoms with Gasteiger partial charge in [0.15, 0.2) is 17.2 Å². The fraction of sp³-hybridized carbons (Fsp3) is 0.350. The van der Waals surface area contributed by atoms with E-state index < -0.39 is 5.82 Å². The van der Waals surface area contributed by atoms with E-state index in [2.05, 4.69) is 15.4 Å². The highest BCUT2D eigenvalue weighted by Crippen LogP contribution is 2.32. The van der Waals surface area contributed by atoms with E-state index in [-0.39, 0.29) is 17.7 Å². The van der Waals surface area contributed by atoms with Crippen molar-refractivity contribution in [2.75, 3.05) is 7.11 Å². The summed E-state index contributed by atoms with van der Waals surface area (Å²) >= 11 is 0. The summed E-state index contributed by atoms with van der Waals surface area (Å²) in [6.07, 6.45) is 3.85. The first-order chi connectivity index (χ1) is 13.0. The smallest absolute Gasteiger partial charge is 0.256 e. The second-order valence-electron chi connectivity index (χ2n) is 7.03. The number of halogens is 1. The van der Waals surface area contributed by atoms with Gasteiger partial charge in [-0.05, 0) is 56.9 Å². The fourth-order valence-electron chi connectivity index (χ4n) is 3.24. The van der Waals surface area contributed by atoms with Gasteiger partial charge in [0.25, 0.3) is 5.91 Å². The number of methoxy groups -OCH3 is 1. The van der Waals surface area contributed by atoms with Crippen molar-refractivity contribution < 1.29 is 13.9 Å². The molecule has 0 aliphatic heterocycles. The summed E-state index contributed by atoms with van der Waals surface area (Å²) in [4.78, 5) is 17.3. The maximum atomic E-state index is 13.7. The number of rotatable bonds is 5. The number of aryl methyl sites for hydroxylation is 1. The number of benzene rings is 1. The Morgan fingerprint density at radius 3 is 2.85 bits per heavy atom. The molecule has 1 aliphatic carbocycles. The molecule has 1 saturated carbocycles. The van der Waals surface area contributed by atoms with Gasteiger partial charge < -0.3 is 10.1 Å². The van der Waals surface area contributed by atoms with Crippen LogP contribution in [0.4, 0.5) is 4.39 Å². The first-order valence-electron chi connectivity index (χ1n) is 8.98. The third-order valence-electron chi connectivity index (χ3n) is 5.03. The molecular weight excluding hydrogens is 347 g/mol. The van der Waals surface area contributed by atoms with Gasteiger partial charge in [-0.1, -0.05) is 0 Å². The number of fused-ring (bicyclic) bond motifs is 1. The van der Waals surface area contributed by atoms with Crippen LogP contribution in [0.3, 0.4) is 0 Å². The highest BCUT2D eigenvalue weighted by atomic mass is 19.1. The molecule has 7 heteroatoms. The van der Waals surface area contributed by atoms with E-state index in [1.54, 1.807) is 22.8 Å². The van der Waals surface area contributed by atoms with E-state index in [1.807, 2.05) is 19.9 Å². The molecule has 1 atom stereocenters. The molecule has 2 heterocycles. The van der Waals surface area contributed by atoms with Crippen LogP contribution in [0.25, 0.3) is 16.9 Å². The molecule has 140 valence electrons. The van der Waals surface area contributed by atoms with Crippen LogP contribution in [-0.4, -0.2) is 33.7 Å².